The lowest BCUT2D eigenvalue weighted by Gasteiger charge is -2.11. The highest BCUT2D eigenvalue weighted by Gasteiger charge is 2.14. The van der Waals surface area contributed by atoms with Crippen LogP contribution in [0.25, 0.3) is 5.57 Å². The molecule has 2 N–H and O–H groups in total. The van der Waals surface area contributed by atoms with E-state index in [1.807, 2.05) is 0 Å². The SMILES string of the molecule is C/N=C\NC(/C=C\C(=N)Sc1ccc(F)cc1F)=C(\C=O)c1c(Cl)cccc1Cl. The Balaban J connectivity index is 2.39. The Morgan fingerprint density at radius 3 is 2.45 bits per heavy atom. The van der Waals surface area contributed by atoms with E-state index in [0.29, 0.717) is 11.8 Å². The molecule has 0 spiro atoms. The lowest BCUT2D eigenvalue weighted by Crippen LogP contribution is -2.12. The van der Waals surface area contributed by atoms with Gasteiger partial charge in [0.05, 0.1) is 27.1 Å². The summed E-state index contributed by atoms with van der Waals surface area (Å²) in [5, 5.41) is 11.4. The van der Waals surface area contributed by atoms with Crippen molar-refractivity contribution in [2.75, 3.05) is 7.05 Å². The molecular formula is C20H15Cl2F2N3OS. The third-order valence-electron chi connectivity index (χ3n) is 3.50. The summed E-state index contributed by atoms with van der Waals surface area (Å²) in [6.07, 6.45) is 4.74. The number of nitrogens with one attached hydrogen (secondary N) is 2. The summed E-state index contributed by atoms with van der Waals surface area (Å²) >= 11 is 13.2. The van der Waals surface area contributed by atoms with Gasteiger partial charge in [-0.2, -0.15) is 0 Å². The van der Waals surface area contributed by atoms with Gasteiger partial charge in [-0.15, -0.1) is 0 Å². The summed E-state index contributed by atoms with van der Waals surface area (Å²) in [6, 6.07) is 7.94. The zero-order chi connectivity index (χ0) is 21.4. The van der Waals surface area contributed by atoms with Crippen LogP contribution in [0.5, 0.6) is 0 Å². The first kappa shape index (κ1) is 22.8. The standard InChI is InChI=1S/C20H15Cl2F2N3OS/c1-26-11-27-17(13(10-28)20-14(21)3-2-4-15(20)22)6-8-19(25)29-18-7-5-12(23)9-16(18)24/h2-11,25H,1H3,(H,26,27)/b8-6-,17-13+,25-19?. The fourth-order valence-electron chi connectivity index (χ4n) is 2.23. The number of rotatable bonds is 7. The molecule has 2 aromatic rings. The van der Waals surface area contributed by atoms with Crippen LogP contribution >= 0.6 is 35.0 Å². The second kappa shape index (κ2) is 10.9. The Kier molecular flexibility index (Phi) is 8.57. The Morgan fingerprint density at radius 1 is 1.17 bits per heavy atom. The minimum atomic E-state index is -0.767. The monoisotopic (exact) mass is 453 g/mol. The number of hydrogen-bond acceptors (Lipinski definition) is 4. The molecule has 0 unspecified atom stereocenters. The van der Waals surface area contributed by atoms with Crippen LogP contribution in [0.2, 0.25) is 10.0 Å². The molecule has 0 saturated heterocycles. The largest absolute Gasteiger partial charge is 0.346 e. The topological polar surface area (TPSA) is 65.3 Å². The van der Waals surface area contributed by atoms with Gasteiger partial charge in [0.15, 0.2) is 6.29 Å². The Hall–Kier alpha value is -2.48. The van der Waals surface area contributed by atoms with Crippen LogP contribution < -0.4 is 5.32 Å². The van der Waals surface area contributed by atoms with Gasteiger partial charge in [0.25, 0.3) is 0 Å². The second-order valence-electron chi connectivity index (χ2n) is 5.45. The van der Waals surface area contributed by atoms with E-state index in [1.54, 1.807) is 18.2 Å². The van der Waals surface area contributed by atoms with Gasteiger partial charge < -0.3 is 5.32 Å². The van der Waals surface area contributed by atoms with Gasteiger partial charge in [0, 0.05) is 29.1 Å². The van der Waals surface area contributed by atoms with Gasteiger partial charge in [0.1, 0.15) is 11.6 Å². The van der Waals surface area contributed by atoms with E-state index in [4.69, 9.17) is 28.6 Å². The molecule has 0 fully saturated rings. The summed E-state index contributed by atoms with van der Waals surface area (Å²) in [7, 11) is 1.53. The maximum Gasteiger partial charge on any atom is 0.152 e. The van der Waals surface area contributed by atoms with E-state index in [2.05, 4.69) is 10.3 Å². The molecule has 9 heteroatoms. The minimum absolute atomic E-state index is 0.0428. The molecule has 0 aliphatic rings. The van der Waals surface area contributed by atoms with Crippen molar-refractivity contribution in [2.45, 2.75) is 4.90 Å². The molecule has 150 valence electrons. The van der Waals surface area contributed by atoms with Crippen LogP contribution in [-0.2, 0) is 4.79 Å². The Labute approximate surface area is 180 Å². The summed E-state index contributed by atoms with van der Waals surface area (Å²) < 4.78 is 26.8. The molecule has 0 aliphatic carbocycles. The van der Waals surface area contributed by atoms with Crippen LogP contribution in [0.1, 0.15) is 5.56 Å². The van der Waals surface area contributed by atoms with Crippen LogP contribution in [0.15, 0.2) is 64.1 Å². The molecule has 0 radical (unpaired) electrons. The zero-order valence-corrected chi connectivity index (χ0v) is 17.4. The number of halogens is 4. The zero-order valence-electron chi connectivity index (χ0n) is 15.0. The predicted molar refractivity (Wildman–Crippen MR) is 116 cm³/mol. The van der Waals surface area contributed by atoms with Gasteiger partial charge in [0.2, 0.25) is 0 Å². The van der Waals surface area contributed by atoms with Gasteiger partial charge >= 0.3 is 0 Å². The van der Waals surface area contributed by atoms with Gasteiger partial charge in [-0.1, -0.05) is 41.0 Å². The maximum absolute atomic E-state index is 13.8. The third-order valence-corrected chi connectivity index (χ3v) is 5.04. The number of aliphatic imine (C=N–C) groups is 1. The average Bonchev–Trinajstić information content (AvgIpc) is 2.68. The van der Waals surface area contributed by atoms with Crippen molar-refractivity contribution in [3.8, 4) is 0 Å². The van der Waals surface area contributed by atoms with Crippen molar-refractivity contribution < 1.29 is 13.6 Å². The summed E-state index contributed by atoms with van der Waals surface area (Å²) in [4.78, 5) is 15.7. The number of aldehydes is 1. The molecule has 2 aromatic carbocycles. The van der Waals surface area contributed by atoms with E-state index >= 15 is 0 Å². The highest BCUT2D eigenvalue weighted by Crippen LogP contribution is 2.32. The Morgan fingerprint density at radius 2 is 1.86 bits per heavy atom. The first-order chi connectivity index (χ1) is 13.9. The quantitative estimate of drug-likeness (QED) is 0.140. The molecule has 0 saturated carbocycles. The number of nitrogens with zero attached hydrogens (tertiary/aromatic N) is 1. The summed E-state index contributed by atoms with van der Waals surface area (Å²) in [5.41, 5.74) is 0.763. The summed E-state index contributed by atoms with van der Waals surface area (Å²) in [5.74, 6) is -1.47. The highest BCUT2D eigenvalue weighted by atomic mass is 35.5. The van der Waals surface area contributed by atoms with Crippen LogP contribution in [0.4, 0.5) is 8.78 Å². The smallest absolute Gasteiger partial charge is 0.152 e. The molecule has 0 heterocycles. The van der Waals surface area contributed by atoms with E-state index in [9.17, 15) is 13.6 Å². The fourth-order valence-corrected chi connectivity index (χ4v) is 3.50. The van der Waals surface area contributed by atoms with Crippen LogP contribution in [0, 0.1) is 17.0 Å². The number of thioether (sulfide) groups is 1. The number of hydrogen-bond donors (Lipinski definition) is 2. The number of carbonyl (C=O) groups is 1. The number of carbonyl (C=O) groups excluding carboxylic acids is 1. The highest BCUT2D eigenvalue weighted by molar-refractivity contribution is 8.14. The summed E-state index contributed by atoms with van der Waals surface area (Å²) in [6.45, 7) is 0. The van der Waals surface area contributed by atoms with Crippen molar-refractivity contribution in [2.24, 2.45) is 4.99 Å². The van der Waals surface area contributed by atoms with Crippen molar-refractivity contribution >= 4 is 58.2 Å². The molecule has 0 aromatic heterocycles. The average molecular weight is 454 g/mol. The molecule has 0 bridgehead atoms. The maximum atomic E-state index is 13.8. The normalized spacial score (nSPS) is 12.3. The molecule has 2 rings (SSSR count). The second-order valence-corrected chi connectivity index (χ2v) is 7.35. The first-order valence-electron chi connectivity index (χ1n) is 8.08. The van der Waals surface area contributed by atoms with Crippen molar-refractivity contribution in [1.29, 1.82) is 5.41 Å². The van der Waals surface area contributed by atoms with Crippen LogP contribution in [-0.4, -0.2) is 24.7 Å². The van der Waals surface area contributed by atoms with E-state index in [0.717, 1.165) is 23.9 Å². The van der Waals surface area contributed by atoms with Crippen molar-refractivity contribution in [3.05, 3.63) is 81.5 Å². The van der Waals surface area contributed by atoms with E-state index < -0.39 is 11.6 Å². The van der Waals surface area contributed by atoms with Gasteiger partial charge in [-0.05, 0) is 36.4 Å². The van der Waals surface area contributed by atoms with Crippen molar-refractivity contribution in [3.63, 3.8) is 0 Å². The van der Waals surface area contributed by atoms with Crippen molar-refractivity contribution in [1.82, 2.24) is 5.32 Å². The molecule has 4 nitrogen and oxygen atoms in total. The molecule has 0 amide bonds. The third kappa shape index (κ3) is 6.25. The predicted octanol–water partition coefficient (Wildman–Crippen LogP) is 5.76. The number of benzene rings is 2. The molecule has 0 atom stereocenters. The van der Waals surface area contributed by atoms with E-state index in [-0.39, 0.29) is 31.3 Å². The van der Waals surface area contributed by atoms with Gasteiger partial charge in [-0.3, -0.25) is 15.2 Å². The fraction of sp³-hybridized carbons (Fsp3) is 0.0500. The first-order valence-corrected chi connectivity index (χ1v) is 9.65. The molecule has 0 aliphatic heterocycles. The minimum Gasteiger partial charge on any atom is -0.346 e. The Bertz CT molecular complexity index is 1000. The van der Waals surface area contributed by atoms with Crippen LogP contribution in [0.3, 0.4) is 0 Å². The van der Waals surface area contributed by atoms with Gasteiger partial charge in [-0.25, -0.2) is 8.78 Å². The number of allylic oxidation sites excluding steroid dienone is 2. The molecule has 29 heavy (non-hydrogen) atoms. The lowest BCUT2D eigenvalue weighted by molar-refractivity contribution is -0.103. The van der Waals surface area contributed by atoms with E-state index in [1.165, 1.54) is 31.6 Å². The lowest BCUT2D eigenvalue weighted by atomic mass is 10.0. The molecular weight excluding hydrogens is 439 g/mol.